The summed E-state index contributed by atoms with van der Waals surface area (Å²) in [6.07, 6.45) is 1.37. The molecule has 6 nitrogen and oxygen atoms in total. The summed E-state index contributed by atoms with van der Waals surface area (Å²) in [5.41, 5.74) is 1.14. The van der Waals surface area contributed by atoms with Gasteiger partial charge in [-0.05, 0) is 12.5 Å². The molecular weight excluding hydrogens is 350 g/mol. The van der Waals surface area contributed by atoms with Crippen LogP contribution in [-0.2, 0) is 15.3 Å². The van der Waals surface area contributed by atoms with Gasteiger partial charge in [0.05, 0.1) is 18.3 Å². The maximum atomic E-state index is 12.2. The van der Waals surface area contributed by atoms with E-state index >= 15 is 0 Å². The third-order valence-corrected chi connectivity index (χ3v) is 4.26. The molecule has 2 aromatic rings. The second-order valence-corrected chi connectivity index (χ2v) is 6.19. The molecule has 0 spiro atoms. The largest absolute Gasteiger partial charge is 0.467 e. The molecule has 1 heterocycles. The Kier molecular flexibility index (Phi) is 6.57. The Morgan fingerprint density at radius 2 is 2.04 bits per heavy atom. The Bertz CT molecular complexity index is 728. The molecule has 1 atom stereocenters. The van der Waals surface area contributed by atoms with Gasteiger partial charge in [-0.3, -0.25) is 4.79 Å². The molecule has 0 saturated carbocycles. The lowest BCUT2D eigenvalue weighted by Crippen LogP contribution is -2.39. The number of ether oxygens (including phenoxy) is 1. The molecule has 24 heavy (non-hydrogen) atoms. The van der Waals surface area contributed by atoms with Crippen molar-refractivity contribution in [2.24, 2.45) is 0 Å². The molecule has 8 heteroatoms. The summed E-state index contributed by atoms with van der Waals surface area (Å²) >= 11 is 7.38. The van der Waals surface area contributed by atoms with Crippen molar-refractivity contribution >= 4 is 35.2 Å². The van der Waals surface area contributed by atoms with E-state index in [0.29, 0.717) is 10.9 Å². The van der Waals surface area contributed by atoms with Crippen LogP contribution in [0.4, 0.5) is 0 Å². The third-order valence-electron chi connectivity index (χ3n) is 3.05. The number of hydrogen-bond acceptors (Lipinski definition) is 6. The fourth-order valence-electron chi connectivity index (χ4n) is 1.80. The van der Waals surface area contributed by atoms with Crippen molar-refractivity contribution < 1.29 is 14.3 Å². The minimum Gasteiger partial charge on any atom is -0.467 e. The minimum absolute atomic E-state index is 0.0259. The van der Waals surface area contributed by atoms with Gasteiger partial charge < -0.3 is 10.1 Å². The van der Waals surface area contributed by atoms with Crippen LogP contribution in [-0.4, -0.2) is 35.0 Å². The van der Waals surface area contributed by atoms with Crippen LogP contribution >= 0.6 is 23.4 Å². The van der Waals surface area contributed by atoms with E-state index in [9.17, 15) is 9.59 Å². The Labute approximate surface area is 149 Å². The fraction of sp³-hybridized carbons (Fsp3) is 0.250. The smallest absolute Gasteiger partial charge is 0.328 e. The highest BCUT2D eigenvalue weighted by atomic mass is 35.5. The summed E-state index contributed by atoms with van der Waals surface area (Å²) in [6.45, 7) is 1.52. The molecule has 1 aromatic heterocycles. The standard InChI is InChI=1S/C16H16ClN3O3S/c1-10(15(22)23-2)19-14(21)13-12(17)8-18-16(20-13)24-9-11-6-4-3-5-7-11/h3-8,10H,9H2,1-2H3,(H,19,21). The number of amides is 1. The van der Waals surface area contributed by atoms with E-state index in [1.807, 2.05) is 30.3 Å². The summed E-state index contributed by atoms with van der Waals surface area (Å²) in [5, 5.41) is 3.04. The van der Waals surface area contributed by atoms with Gasteiger partial charge in [0, 0.05) is 5.75 Å². The minimum atomic E-state index is -0.797. The first-order valence-corrected chi connectivity index (χ1v) is 8.45. The number of carbonyl (C=O) groups is 2. The molecule has 0 aliphatic rings. The number of carbonyl (C=O) groups excluding carboxylic acids is 2. The van der Waals surface area contributed by atoms with Crippen molar-refractivity contribution in [2.75, 3.05) is 7.11 Å². The van der Waals surface area contributed by atoms with Gasteiger partial charge >= 0.3 is 5.97 Å². The molecule has 0 saturated heterocycles. The maximum Gasteiger partial charge on any atom is 0.328 e. The second kappa shape index (κ2) is 8.65. The third kappa shape index (κ3) is 4.94. The number of esters is 1. The van der Waals surface area contributed by atoms with Crippen LogP contribution in [0.1, 0.15) is 23.0 Å². The zero-order valence-electron chi connectivity index (χ0n) is 13.2. The van der Waals surface area contributed by atoms with E-state index in [1.54, 1.807) is 0 Å². The zero-order chi connectivity index (χ0) is 17.5. The summed E-state index contributed by atoms with van der Waals surface area (Å²) in [5.74, 6) is -0.434. The monoisotopic (exact) mass is 365 g/mol. The number of aromatic nitrogens is 2. The Morgan fingerprint density at radius 1 is 1.33 bits per heavy atom. The van der Waals surface area contributed by atoms with E-state index in [4.69, 9.17) is 11.6 Å². The number of nitrogens with one attached hydrogen (secondary N) is 1. The lowest BCUT2D eigenvalue weighted by atomic mass is 10.2. The van der Waals surface area contributed by atoms with Crippen molar-refractivity contribution in [1.29, 1.82) is 0 Å². The molecule has 0 radical (unpaired) electrons. The average molecular weight is 366 g/mol. The van der Waals surface area contributed by atoms with E-state index < -0.39 is 17.9 Å². The van der Waals surface area contributed by atoms with Crippen LogP contribution in [0.2, 0.25) is 5.02 Å². The van der Waals surface area contributed by atoms with Crippen LogP contribution < -0.4 is 5.32 Å². The van der Waals surface area contributed by atoms with Crippen LogP contribution in [0.5, 0.6) is 0 Å². The first-order valence-electron chi connectivity index (χ1n) is 7.09. The predicted octanol–water partition coefficient (Wildman–Crippen LogP) is 2.71. The van der Waals surface area contributed by atoms with Crippen LogP contribution in [0.3, 0.4) is 0 Å². The number of benzene rings is 1. The van der Waals surface area contributed by atoms with Crippen LogP contribution in [0.25, 0.3) is 0 Å². The van der Waals surface area contributed by atoms with Gasteiger partial charge in [0.2, 0.25) is 0 Å². The fourth-order valence-corrected chi connectivity index (χ4v) is 2.75. The van der Waals surface area contributed by atoms with Gasteiger partial charge in [-0.1, -0.05) is 53.7 Å². The molecule has 0 fully saturated rings. The van der Waals surface area contributed by atoms with Crippen LogP contribution in [0.15, 0.2) is 41.7 Å². The summed E-state index contributed by atoms with van der Waals surface area (Å²) in [4.78, 5) is 31.9. The molecule has 0 bridgehead atoms. The van der Waals surface area contributed by atoms with Gasteiger partial charge in [-0.25, -0.2) is 14.8 Å². The Balaban J connectivity index is 2.07. The second-order valence-electron chi connectivity index (χ2n) is 4.84. The number of nitrogens with zero attached hydrogens (tertiary/aromatic N) is 2. The lowest BCUT2D eigenvalue weighted by molar-refractivity contribution is -0.142. The molecule has 2 rings (SSSR count). The van der Waals surface area contributed by atoms with E-state index in [0.717, 1.165) is 5.56 Å². The average Bonchev–Trinajstić information content (AvgIpc) is 2.61. The lowest BCUT2D eigenvalue weighted by Gasteiger charge is -2.12. The number of halogens is 1. The van der Waals surface area contributed by atoms with Gasteiger partial charge in [0.1, 0.15) is 6.04 Å². The van der Waals surface area contributed by atoms with E-state index in [-0.39, 0.29) is 10.7 Å². The molecule has 126 valence electrons. The Hall–Kier alpha value is -2.12. The Morgan fingerprint density at radius 3 is 2.71 bits per heavy atom. The van der Waals surface area contributed by atoms with Crippen molar-refractivity contribution in [2.45, 2.75) is 23.9 Å². The quantitative estimate of drug-likeness (QED) is 0.481. The normalized spacial score (nSPS) is 11.6. The highest BCUT2D eigenvalue weighted by Gasteiger charge is 2.20. The first kappa shape index (κ1) is 18.2. The van der Waals surface area contributed by atoms with Crippen molar-refractivity contribution in [3.63, 3.8) is 0 Å². The van der Waals surface area contributed by atoms with Gasteiger partial charge in [-0.2, -0.15) is 0 Å². The number of rotatable bonds is 6. The van der Waals surface area contributed by atoms with E-state index in [1.165, 1.54) is 32.0 Å². The van der Waals surface area contributed by atoms with E-state index in [2.05, 4.69) is 20.0 Å². The van der Waals surface area contributed by atoms with Crippen LogP contribution in [0, 0.1) is 0 Å². The van der Waals surface area contributed by atoms with Crippen molar-refractivity contribution in [3.8, 4) is 0 Å². The predicted molar refractivity (Wildman–Crippen MR) is 92.0 cm³/mol. The zero-order valence-corrected chi connectivity index (χ0v) is 14.7. The SMILES string of the molecule is COC(=O)C(C)NC(=O)c1nc(SCc2ccccc2)ncc1Cl. The molecular formula is C16H16ClN3O3S. The summed E-state index contributed by atoms with van der Waals surface area (Å²) in [7, 11) is 1.25. The molecule has 0 aliphatic carbocycles. The molecule has 1 amide bonds. The molecule has 1 unspecified atom stereocenters. The van der Waals surface area contributed by atoms with Gasteiger partial charge in [0.25, 0.3) is 5.91 Å². The van der Waals surface area contributed by atoms with Crippen molar-refractivity contribution in [3.05, 3.63) is 52.8 Å². The highest BCUT2D eigenvalue weighted by Crippen LogP contribution is 2.21. The molecule has 1 aromatic carbocycles. The maximum absolute atomic E-state index is 12.2. The first-order chi connectivity index (χ1) is 11.5. The van der Waals surface area contributed by atoms with Gasteiger partial charge in [-0.15, -0.1) is 0 Å². The number of thioether (sulfide) groups is 1. The molecule has 1 N–H and O–H groups in total. The number of methoxy groups -OCH3 is 1. The van der Waals surface area contributed by atoms with Gasteiger partial charge in [0.15, 0.2) is 10.9 Å². The number of hydrogen-bond donors (Lipinski definition) is 1. The highest BCUT2D eigenvalue weighted by molar-refractivity contribution is 7.98. The topological polar surface area (TPSA) is 81.2 Å². The summed E-state index contributed by atoms with van der Waals surface area (Å²) < 4.78 is 4.57. The van der Waals surface area contributed by atoms with Crippen molar-refractivity contribution in [1.82, 2.24) is 15.3 Å². The molecule has 0 aliphatic heterocycles. The summed E-state index contributed by atoms with van der Waals surface area (Å²) in [6, 6.07) is 9.03.